The first-order valence-electron chi connectivity index (χ1n) is 9.05. The molecule has 26 heavy (non-hydrogen) atoms. The SMILES string of the molecule is COC(=O)c1cccc(N2CCCC23CCN(C(=O)OC(C)(C)C)C3)n1. The summed E-state index contributed by atoms with van der Waals surface area (Å²) < 4.78 is 10.3. The molecule has 3 rings (SSSR count). The molecule has 3 heterocycles. The maximum atomic E-state index is 12.4. The minimum Gasteiger partial charge on any atom is -0.464 e. The van der Waals surface area contributed by atoms with E-state index in [1.54, 1.807) is 11.0 Å². The third-order valence-electron chi connectivity index (χ3n) is 4.99. The zero-order valence-electron chi connectivity index (χ0n) is 15.9. The van der Waals surface area contributed by atoms with E-state index < -0.39 is 11.6 Å². The van der Waals surface area contributed by atoms with E-state index in [9.17, 15) is 9.59 Å². The Bertz CT molecular complexity index is 700. The molecule has 7 nitrogen and oxygen atoms in total. The van der Waals surface area contributed by atoms with Crippen LogP contribution < -0.4 is 4.90 Å². The first kappa shape index (κ1) is 18.5. The van der Waals surface area contributed by atoms with Crippen molar-refractivity contribution in [1.82, 2.24) is 9.88 Å². The number of nitrogens with zero attached hydrogens (tertiary/aromatic N) is 3. The highest BCUT2D eigenvalue weighted by molar-refractivity contribution is 5.87. The second-order valence-electron chi connectivity index (χ2n) is 8.00. The van der Waals surface area contributed by atoms with Crippen molar-refractivity contribution >= 4 is 17.9 Å². The Kier molecular flexibility index (Phi) is 4.82. The highest BCUT2D eigenvalue weighted by Crippen LogP contribution is 2.40. The fourth-order valence-electron chi connectivity index (χ4n) is 3.85. The fraction of sp³-hybridized carbons (Fsp3) is 0.632. The average Bonchev–Trinajstić information content (AvgIpc) is 3.20. The van der Waals surface area contributed by atoms with Crippen LogP contribution in [0, 0.1) is 0 Å². The van der Waals surface area contributed by atoms with Gasteiger partial charge in [0.15, 0.2) is 5.69 Å². The smallest absolute Gasteiger partial charge is 0.410 e. The highest BCUT2D eigenvalue weighted by atomic mass is 16.6. The molecule has 1 atom stereocenters. The van der Waals surface area contributed by atoms with Crippen LogP contribution in [-0.4, -0.2) is 59.8 Å². The summed E-state index contributed by atoms with van der Waals surface area (Å²) in [5, 5.41) is 0. The Labute approximate surface area is 154 Å². The summed E-state index contributed by atoms with van der Waals surface area (Å²) in [7, 11) is 1.35. The largest absolute Gasteiger partial charge is 0.464 e. The quantitative estimate of drug-likeness (QED) is 0.754. The summed E-state index contributed by atoms with van der Waals surface area (Å²) in [6, 6.07) is 5.39. The van der Waals surface area contributed by atoms with Crippen LogP contribution in [0.1, 0.15) is 50.5 Å². The molecule has 1 amide bonds. The second-order valence-corrected chi connectivity index (χ2v) is 8.00. The molecule has 1 aromatic rings. The van der Waals surface area contributed by atoms with Crippen LogP contribution in [-0.2, 0) is 9.47 Å². The summed E-state index contributed by atoms with van der Waals surface area (Å²) >= 11 is 0. The molecule has 1 unspecified atom stereocenters. The molecular formula is C19H27N3O4. The van der Waals surface area contributed by atoms with E-state index in [-0.39, 0.29) is 11.6 Å². The number of hydrogen-bond donors (Lipinski definition) is 0. The number of carbonyl (C=O) groups excluding carboxylic acids is 2. The van der Waals surface area contributed by atoms with Gasteiger partial charge in [-0.05, 0) is 52.2 Å². The summed E-state index contributed by atoms with van der Waals surface area (Å²) in [5.74, 6) is 0.318. The van der Waals surface area contributed by atoms with Gasteiger partial charge in [0.2, 0.25) is 0 Å². The van der Waals surface area contributed by atoms with Crippen molar-refractivity contribution in [3.05, 3.63) is 23.9 Å². The van der Waals surface area contributed by atoms with Crippen LogP contribution in [0.4, 0.5) is 10.6 Å². The molecule has 1 spiro atoms. The standard InChI is InChI=1S/C19H27N3O4/c1-18(2,3)26-17(24)21-12-10-19(13-21)9-6-11-22(19)15-8-5-7-14(20-15)16(23)25-4/h5,7-8H,6,9-13H2,1-4H3. The van der Waals surface area contributed by atoms with Gasteiger partial charge in [0.05, 0.1) is 12.6 Å². The van der Waals surface area contributed by atoms with Gasteiger partial charge in [-0.2, -0.15) is 0 Å². The van der Waals surface area contributed by atoms with E-state index in [4.69, 9.17) is 9.47 Å². The van der Waals surface area contributed by atoms with Crippen molar-refractivity contribution in [2.45, 2.75) is 51.2 Å². The van der Waals surface area contributed by atoms with Crippen LogP contribution in [0.2, 0.25) is 0 Å². The van der Waals surface area contributed by atoms with Crippen LogP contribution in [0.15, 0.2) is 18.2 Å². The van der Waals surface area contributed by atoms with Crippen LogP contribution in [0.25, 0.3) is 0 Å². The number of carbonyl (C=O) groups is 2. The van der Waals surface area contributed by atoms with Gasteiger partial charge in [-0.15, -0.1) is 0 Å². The van der Waals surface area contributed by atoms with E-state index in [1.807, 2.05) is 32.9 Å². The molecule has 7 heteroatoms. The molecule has 0 saturated carbocycles. The lowest BCUT2D eigenvalue weighted by atomic mass is 9.95. The van der Waals surface area contributed by atoms with Gasteiger partial charge < -0.3 is 19.3 Å². The Morgan fingerprint density at radius 2 is 1.96 bits per heavy atom. The van der Waals surface area contributed by atoms with Crippen LogP contribution in [0.5, 0.6) is 0 Å². The zero-order chi connectivity index (χ0) is 18.9. The minimum atomic E-state index is -0.501. The van der Waals surface area contributed by atoms with Crippen molar-refractivity contribution in [3.8, 4) is 0 Å². The third-order valence-corrected chi connectivity index (χ3v) is 4.99. The number of methoxy groups -OCH3 is 1. The first-order valence-corrected chi connectivity index (χ1v) is 9.05. The van der Waals surface area contributed by atoms with Gasteiger partial charge in [0, 0.05) is 19.6 Å². The van der Waals surface area contributed by atoms with E-state index in [2.05, 4.69) is 9.88 Å². The van der Waals surface area contributed by atoms with Gasteiger partial charge in [0.25, 0.3) is 0 Å². The van der Waals surface area contributed by atoms with Crippen LogP contribution in [0.3, 0.4) is 0 Å². The van der Waals surface area contributed by atoms with Gasteiger partial charge in [-0.25, -0.2) is 14.6 Å². The van der Waals surface area contributed by atoms with E-state index in [1.165, 1.54) is 7.11 Å². The number of amides is 1. The molecule has 0 bridgehead atoms. The molecule has 2 saturated heterocycles. The van der Waals surface area contributed by atoms with Crippen molar-refractivity contribution in [1.29, 1.82) is 0 Å². The van der Waals surface area contributed by atoms with Crippen LogP contribution >= 0.6 is 0 Å². The molecule has 2 aliphatic heterocycles. The lowest BCUT2D eigenvalue weighted by Crippen LogP contribution is -2.48. The molecule has 0 aliphatic carbocycles. The number of rotatable bonds is 2. The van der Waals surface area contributed by atoms with Gasteiger partial charge >= 0.3 is 12.1 Å². The maximum absolute atomic E-state index is 12.4. The Morgan fingerprint density at radius 3 is 2.65 bits per heavy atom. The number of pyridine rings is 1. The predicted molar refractivity (Wildman–Crippen MR) is 97.3 cm³/mol. The molecule has 2 aliphatic rings. The van der Waals surface area contributed by atoms with E-state index in [0.717, 1.165) is 31.6 Å². The second kappa shape index (κ2) is 6.78. The summed E-state index contributed by atoms with van der Waals surface area (Å²) in [5.41, 5.74) is -0.342. The molecular weight excluding hydrogens is 334 g/mol. The summed E-state index contributed by atoms with van der Waals surface area (Å²) in [4.78, 5) is 32.7. The Morgan fingerprint density at radius 1 is 1.19 bits per heavy atom. The number of ether oxygens (including phenoxy) is 2. The zero-order valence-corrected chi connectivity index (χ0v) is 15.9. The first-order chi connectivity index (χ1) is 12.2. The molecule has 0 aromatic carbocycles. The summed E-state index contributed by atoms with van der Waals surface area (Å²) in [6.45, 7) is 7.77. The Hall–Kier alpha value is -2.31. The molecule has 2 fully saturated rings. The van der Waals surface area contributed by atoms with E-state index in [0.29, 0.717) is 18.8 Å². The number of esters is 1. The number of hydrogen-bond acceptors (Lipinski definition) is 6. The number of likely N-dealkylation sites (tertiary alicyclic amines) is 1. The summed E-state index contributed by atoms with van der Waals surface area (Å²) in [6.07, 6.45) is 2.64. The molecule has 0 N–H and O–H groups in total. The average molecular weight is 361 g/mol. The molecule has 0 radical (unpaired) electrons. The van der Waals surface area contributed by atoms with Crippen molar-refractivity contribution in [2.24, 2.45) is 0 Å². The van der Waals surface area contributed by atoms with E-state index >= 15 is 0 Å². The third kappa shape index (κ3) is 3.61. The Balaban J connectivity index is 1.79. The number of aromatic nitrogens is 1. The predicted octanol–water partition coefficient (Wildman–Crippen LogP) is 2.85. The minimum absolute atomic E-state index is 0.140. The molecule has 1 aromatic heterocycles. The van der Waals surface area contributed by atoms with Gasteiger partial charge in [-0.3, -0.25) is 0 Å². The fourth-order valence-corrected chi connectivity index (χ4v) is 3.85. The molecule has 142 valence electrons. The van der Waals surface area contributed by atoms with Gasteiger partial charge in [-0.1, -0.05) is 6.07 Å². The van der Waals surface area contributed by atoms with Crippen molar-refractivity contribution in [2.75, 3.05) is 31.6 Å². The monoisotopic (exact) mass is 361 g/mol. The van der Waals surface area contributed by atoms with Crippen molar-refractivity contribution < 1.29 is 19.1 Å². The maximum Gasteiger partial charge on any atom is 0.410 e. The topological polar surface area (TPSA) is 72.0 Å². The van der Waals surface area contributed by atoms with Crippen molar-refractivity contribution in [3.63, 3.8) is 0 Å². The lowest BCUT2D eigenvalue weighted by Gasteiger charge is -2.36. The number of anilines is 1. The normalized spacial score (nSPS) is 22.8. The van der Waals surface area contributed by atoms with Gasteiger partial charge in [0.1, 0.15) is 11.4 Å². The lowest BCUT2D eigenvalue weighted by molar-refractivity contribution is 0.0285. The highest BCUT2D eigenvalue weighted by Gasteiger charge is 2.48.